The second-order valence-electron chi connectivity index (χ2n) is 4.37. The van der Waals surface area contributed by atoms with Gasteiger partial charge in [-0.3, -0.25) is 0 Å². The number of rotatable bonds is 2. The van der Waals surface area contributed by atoms with Crippen LogP contribution in [0.1, 0.15) is 18.4 Å². The number of nitrogens with one attached hydrogen (secondary N) is 1. The van der Waals surface area contributed by atoms with Crippen LogP contribution in [0.15, 0.2) is 18.2 Å². The van der Waals surface area contributed by atoms with Crippen molar-refractivity contribution in [1.82, 2.24) is 0 Å². The predicted molar refractivity (Wildman–Crippen MR) is 66.4 cm³/mol. The third-order valence-corrected chi connectivity index (χ3v) is 4.77. The van der Waals surface area contributed by atoms with Crippen LogP contribution in [-0.4, -0.2) is 26.0 Å². The molecule has 1 saturated heterocycles. The van der Waals surface area contributed by atoms with Crippen molar-refractivity contribution in [2.75, 3.05) is 16.8 Å². The monoisotopic (exact) mass is 268 g/mol. The van der Waals surface area contributed by atoms with Crippen LogP contribution < -0.4 is 5.32 Å². The van der Waals surface area contributed by atoms with Gasteiger partial charge in [0.05, 0.1) is 17.2 Å². The van der Waals surface area contributed by atoms with Gasteiger partial charge in [-0.25, -0.2) is 12.8 Å². The first kappa shape index (κ1) is 12.8. The highest BCUT2D eigenvalue weighted by atomic mass is 32.2. The number of anilines is 1. The molecule has 0 amide bonds. The fraction of sp³-hybridized carbons (Fsp3) is 0.417. The van der Waals surface area contributed by atoms with Crippen LogP contribution in [0.3, 0.4) is 0 Å². The Kier molecular flexibility index (Phi) is 3.53. The van der Waals surface area contributed by atoms with E-state index in [2.05, 4.69) is 5.32 Å². The minimum absolute atomic E-state index is 0.0361. The van der Waals surface area contributed by atoms with Gasteiger partial charge in [0.25, 0.3) is 0 Å². The van der Waals surface area contributed by atoms with Gasteiger partial charge in [-0.15, -0.1) is 0 Å². The number of sulfone groups is 1. The molecule has 4 nitrogen and oxygen atoms in total. The molecular formula is C12H13FN2O2S. The third-order valence-electron chi connectivity index (χ3n) is 2.95. The predicted octanol–water partition coefficient (Wildman–Crippen LogP) is 1.69. The van der Waals surface area contributed by atoms with E-state index in [-0.39, 0.29) is 23.1 Å². The van der Waals surface area contributed by atoms with E-state index in [9.17, 15) is 12.8 Å². The van der Waals surface area contributed by atoms with Crippen molar-refractivity contribution in [3.8, 4) is 6.07 Å². The molecule has 1 aromatic rings. The molecule has 0 aromatic heterocycles. The van der Waals surface area contributed by atoms with Crippen LogP contribution in [0.4, 0.5) is 10.1 Å². The molecule has 0 aliphatic carbocycles. The molecule has 1 N–H and O–H groups in total. The Labute approximate surface area is 105 Å². The molecule has 96 valence electrons. The summed E-state index contributed by atoms with van der Waals surface area (Å²) in [4.78, 5) is 0. The minimum Gasteiger partial charge on any atom is -0.380 e. The molecule has 6 heteroatoms. The van der Waals surface area contributed by atoms with Crippen LogP contribution in [0.25, 0.3) is 0 Å². The van der Waals surface area contributed by atoms with E-state index in [1.165, 1.54) is 12.1 Å². The van der Waals surface area contributed by atoms with Gasteiger partial charge in [-0.1, -0.05) is 6.07 Å². The summed E-state index contributed by atoms with van der Waals surface area (Å²) in [7, 11) is -3.02. The van der Waals surface area contributed by atoms with Crippen LogP contribution in [0, 0.1) is 17.1 Å². The molecule has 1 heterocycles. The summed E-state index contributed by atoms with van der Waals surface area (Å²) in [6.07, 6.45) is 1.30. The van der Waals surface area contributed by atoms with Gasteiger partial charge in [-0.05, 0) is 25.0 Å². The molecular weight excluding hydrogens is 255 g/mol. The Morgan fingerprint density at radius 1 is 1.44 bits per heavy atom. The Morgan fingerprint density at radius 3 is 2.89 bits per heavy atom. The zero-order chi connectivity index (χ0) is 13.2. The minimum atomic E-state index is -3.02. The normalized spacial score (nSPS) is 22.1. The van der Waals surface area contributed by atoms with Gasteiger partial charge in [-0.2, -0.15) is 5.26 Å². The van der Waals surface area contributed by atoms with E-state index < -0.39 is 15.7 Å². The SMILES string of the molecule is N#Cc1c(F)cccc1N[C@H]1CCCS(=O)(=O)C1. The quantitative estimate of drug-likeness (QED) is 0.886. The summed E-state index contributed by atoms with van der Waals surface area (Å²) >= 11 is 0. The van der Waals surface area contributed by atoms with Gasteiger partial charge < -0.3 is 5.32 Å². The maximum Gasteiger partial charge on any atom is 0.152 e. The summed E-state index contributed by atoms with van der Waals surface area (Å²) in [5.41, 5.74) is 0.292. The number of benzene rings is 1. The highest BCUT2D eigenvalue weighted by molar-refractivity contribution is 7.91. The number of hydrogen-bond donors (Lipinski definition) is 1. The van der Waals surface area contributed by atoms with Gasteiger partial charge >= 0.3 is 0 Å². The zero-order valence-corrected chi connectivity index (χ0v) is 10.5. The molecule has 1 aromatic carbocycles. The maximum atomic E-state index is 13.4. The highest BCUT2D eigenvalue weighted by Gasteiger charge is 2.25. The Morgan fingerprint density at radius 2 is 2.22 bits per heavy atom. The average molecular weight is 268 g/mol. The van der Waals surface area contributed by atoms with Crippen molar-refractivity contribution in [1.29, 1.82) is 5.26 Å². The fourth-order valence-electron chi connectivity index (χ4n) is 2.11. The molecule has 0 spiro atoms. The lowest BCUT2D eigenvalue weighted by molar-refractivity contribution is 0.561. The third kappa shape index (κ3) is 2.79. The number of nitriles is 1. The maximum absolute atomic E-state index is 13.4. The van der Waals surface area contributed by atoms with Crippen LogP contribution in [0.2, 0.25) is 0 Å². The number of hydrogen-bond acceptors (Lipinski definition) is 4. The molecule has 1 atom stereocenters. The van der Waals surface area contributed by atoms with Crippen molar-refractivity contribution in [2.45, 2.75) is 18.9 Å². The van der Waals surface area contributed by atoms with Gasteiger partial charge in [0.1, 0.15) is 17.4 Å². The number of halogens is 1. The summed E-state index contributed by atoms with van der Waals surface area (Å²) in [6, 6.07) is 5.83. The average Bonchev–Trinajstić information content (AvgIpc) is 2.28. The Hall–Kier alpha value is -1.61. The molecule has 1 aliphatic heterocycles. The molecule has 0 bridgehead atoms. The lowest BCUT2D eigenvalue weighted by atomic mass is 10.1. The standard InChI is InChI=1S/C12H13FN2O2S/c13-11-4-1-5-12(10(11)7-14)15-9-3-2-6-18(16,17)8-9/h1,4-5,9,15H,2-3,6,8H2/t9-/m0/s1. The molecule has 1 aliphatic rings. The molecule has 0 saturated carbocycles. The second-order valence-corrected chi connectivity index (χ2v) is 6.60. The number of nitrogens with zero attached hydrogens (tertiary/aromatic N) is 1. The Balaban J connectivity index is 2.20. The summed E-state index contributed by atoms with van der Waals surface area (Å²) in [6.45, 7) is 0. The van der Waals surface area contributed by atoms with E-state index in [0.29, 0.717) is 18.5 Å². The van der Waals surface area contributed by atoms with Gasteiger partial charge in [0.2, 0.25) is 0 Å². The first-order valence-corrected chi connectivity index (χ1v) is 7.49. The summed E-state index contributed by atoms with van der Waals surface area (Å²) < 4.78 is 36.4. The lowest BCUT2D eigenvalue weighted by Crippen LogP contribution is -2.35. The van der Waals surface area contributed by atoms with Crippen molar-refractivity contribution >= 4 is 15.5 Å². The molecule has 1 fully saturated rings. The zero-order valence-electron chi connectivity index (χ0n) is 9.69. The van der Waals surface area contributed by atoms with Gasteiger partial charge in [0.15, 0.2) is 9.84 Å². The first-order chi connectivity index (χ1) is 8.52. The molecule has 18 heavy (non-hydrogen) atoms. The van der Waals surface area contributed by atoms with Crippen LogP contribution >= 0.6 is 0 Å². The summed E-state index contributed by atoms with van der Waals surface area (Å²) in [5, 5.41) is 11.8. The molecule has 0 unspecified atom stereocenters. The molecule has 0 radical (unpaired) electrons. The van der Waals surface area contributed by atoms with E-state index in [1.54, 1.807) is 12.1 Å². The van der Waals surface area contributed by atoms with Crippen molar-refractivity contribution < 1.29 is 12.8 Å². The molecule has 2 rings (SSSR count). The summed E-state index contributed by atoms with van der Waals surface area (Å²) in [5.74, 6) is -0.352. The van der Waals surface area contributed by atoms with E-state index in [1.807, 2.05) is 0 Å². The van der Waals surface area contributed by atoms with E-state index in [0.717, 1.165) is 0 Å². The van der Waals surface area contributed by atoms with Crippen molar-refractivity contribution in [3.05, 3.63) is 29.6 Å². The second kappa shape index (κ2) is 4.94. The first-order valence-electron chi connectivity index (χ1n) is 5.67. The lowest BCUT2D eigenvalue weighted by Gasteiger charge is -2.24. The van der Waals surface area contributed by atoms with Gasteiger partial charge in [0, 0.05) is 6.04 Å². The fourth-order valence-corrected chi connectivity index (χ4v) is 3.75. The topological polar surface area (TPSA) is 70.0 Å². The van der Waals surface area contributed by atoms with Crippen LogP contribution in [0.5, 0.6) is 0 Å². The van der Waals surface area contributed by atoms with Crippen LogP contribution in [-0.2, 0) is 9.84 Å². The largest absolute Gasteiger partial charge is 0.380 e. The van der Waals surface area contributed by atoms with Crippen molar-refractivity contribution in [2.24, 2.45) is 0 Å². The smallest absolute Gasteiger partial charge is 0.152 e. The van der Waals surface area contributed by atoms with Crippen molar-refractivity contribution in [3.63, 3.8) is 0 Å². The Bertz CT molecular complexity index is 593. The highest BCUT2D eigenvalue weighted by Crippen LogP contribution is 2.22. The van der Waals surface area contributed by atoms with E-state index >= 15 is 0 Å². The van der Waals surface area contributed by atoms with E-state index in [4.69, 9.17) is 5.26 Å².